The maximum absolute atomic E-state index is 12.6. The Morgan fingerprint density at radius 1 is 1.28 bits per heavy atom. The molecule has 6 nitrogen and oxygen atoms in total. The molecular formula is C18H19N3O3S. The van der Waals surface area contributed by atoms with Crippen molar-refractivity contribution in [3.63, 3.8) is 0 Å². The van der Waals surface area contributed by atoms with Crippen LogP contribution in [0.1, 0.15) is 21.7 Å². The smallest absolute Gasteiger partial charge is 0.263 e. The van der Waals surface area contributed by atoms with Gasteiger partial charge in [0.1, 0.15) is 0 Å². The van der Waals surface area contributed by atoms with E-state index in [9.17, 15) is 14.4 Å². The van der Waals surface area contributed by atoms with Crippen LogP contribution in [0.25, 0.3) is 10.1 Å². The fraction of sp³-hybridized carbons (Fsp3) is 0.389. The third-order valence-electron chi connectivity index (χ3n) is 4.97. The van der Waals surface area contributed by atoms with Crippen molar-refractivity contribution in [1.29, 1.82) is 0 Å². The Balaban J connectivity index is 1.62. The third-order valence-corrected chi connectivity index (χ3v) is 6.17. The van der Waals surface area contributed by atoms with E-state index in [1.807, 2.05) is 24.3 Å². The van der Waals surface area contributed by atoms with Gasteiger partial charge in [0, 0.05) is 44.9 Å². The number of thiophene rings is 1. The average molecular weight is 357 g/mol. The molecule has 2 aliphatic rings. The predicted molar refractivity (Wildman–Crippen MR) is 95.3 cm³/mol. The second-order valence-electron chi connectivity index (χ2n) is 7.09. The molecule has 25 heavy (non-hydrogen) atoms. The van der Waals surface area contributed by atoms with Crippen LogP contribution in [0, 0.1) is 5.41 Å². The van der Waals surface area contributed by atoms with Gasteiger partial charge in [0.15, 0.2) is 0 Å². The van der Waals surface area contributed by atoms with Gasteiger partial charge in [-0.05, 0) is 17.0 Å². The molecule has 2 fully saturated rings. The summed E-state index contributed by atoms with van der Waals surface area (Å²) < 4.78 is 1.09. The zero-order valence-corrected chi connectivity index (χ0v) is 15.0. The highest BCUT2D eigenvalue weighted by Gasteiger charge is 2.54. The number of carbonyl (C=O) groups is 3. The van der Waals surface area contributed by atoms with Crippen molar-refractivity contribution >= 4 is 39.1 Å². The Hall–Kier alpha value is -2.25. The first-order valence-electron chi connectivity index (χ1n) is 8.18. The SMILES string of the molecule is CN(C)C(=O)c1sc2ccccc2c1CN1CC2(CC(=O)NC2=O)C1. The van der Waals surface area contributed by atoms with Crippen molar-refractivity contribution in [3.05, 3.63) is 34.7 Å². The number of rotatable bonds is 3. The minimum atomic E-state index is -0.561. The van der Waals surface area contributed by atoms with Gasteiger partial charge in [-0.1, -0.05) is 18.2 Å². The number of nitrogens with zero attached hydrogens (tertiary/aromatic N) is 2. The van der Waals surface area contributed by atoms with Crippen LogP contribution in [0.2, 0.25) is 0 Å². The quantitative estimate of drug-likeness (QED) is 0.844. The number of amides is 3. The predicted octanol–water partition coefficient (Wildman–Crippen LogP) is 1.45. The molecule has 2 aromatic rings. The largest absolute Gasteiger partial charge is 0.344 e. The minimum Gasteiger partial charge on any atom is -0.344 e. The van der Waals surface area contributed by atoms with Crippen LogP contribution in [-0.2, 0) is 16.1 Å². The monoisotopic (exact) mass is 357 g/mol. The zero-order valence-electron chi connectivity index (χ0n) is 14.2. The Morgan fingerprint density at radius 3 is 2.64 bits per heavy atom. The molecule has 0 atom stereocenters. The molecule has 1 aromatic carbocycles. The highest BCUT2D eigenvalue weighted by atomic mass is 32.1. The lowest BCUT2D eigenvalue weighted by atomic mass is 9.78. The second-order valence-corrected chi connectivity index (χ2v) is 8.14. The lowest BCUT2D eigenvalue weighted by molar-refractivity contribution is -0.137. The fourth-order valence-corrected chi connectivity index (χ4v) is 4.96. The normalized spacial score (nSPS) is 19.3. The summed E-state index contributed by atoms with van der Waals surface area (Å²) in [7, 11) is 3.51. The van der Waals surface area contributed by atoms with E-state index in [0.29, 0.717) is 19.6 Å². The standard InChI is InChI=1S/C18H19N3O3S/c1-20(2)16(23)15-12(11-5-3-4-6-13(11)25-15)8-21-9-18(10-21)7-14(22)19-17(18)24/h3-6H,7-10H2,1-2H3,(H,19,22,24). The highest BCUT2D eigenvalue weighted by molar-refractivity contribution is 7.21. The molecule has 0 unspecified atom stereocenters. The van der Waals surface area contributed by atoms with Crippen molar-refractivity contribution in [2.75, 3.05) is 27.2 Å². The van der Waals surface area contributed by atoms with Crippen LogP contribution in [0.4, 0.5) is 0 Å². The van der Waals surface area contributed by atoms with Crippen LogP contribution in [-0.4, -0.2) is 54.7 Å². The molecule has 7 heteroatoms. The molecular weight excluding hydrogens is 338 g/mol. The van der Waals surface area contributed by atoms with Gasteiger partial charge in [0.25, 0.3) is 5.91 Å². The lowest BCUT2D eigenvalue weighted by Gasteiger charge is -2.45. The maximum Gasteiger partial charge on any atom is 0.263 e. The van der Waals surface area contributed by atoms with Gasteiger partial charge in [0.05, 0.1) is 10.3 Å². The summed E-state index contributed by atoms with van der Waals surface area (Å²) in [5, 5.41) is 3.49. The zero-order chi connectivity index (χ0) is 17.8. The number of carbonyl (C=O) groups excluding carboxylic acids is 3. The molecule has 1 aromatic heterocycles. The van der Waals surface area contributed by atoms with Gasteiger partial charge in [-0.3, -0.25) is 24.6 Å². The van der Waals surface area contributed by atoms with Crippen molar-refractivity contribution in [2.45, 2.75) is 13.0 Å². The van der Waals surface area contributed by atoms with E-state index in [2.05, 4.69) is 10.2 Å². The van der Waals surface area contributed by atoms with Gasteiger partial charge in [-0.2, -0.15) is 0 Å². The van der Waals surface area contributed by atoms with E-state index < -0.39 is 5.41 Å². The summed E-state index contributed by atoms with van der Waals surface area (Å²) in [6.07, 6.45) is 0.274. The van der Waals surface area contributed by atoms with Crippen LogP contribution in [0.3, 0.4) is 0 Å². The van der Waals surface area contributed by atoms with Gasteiger partial charge in [-0.15, -0.1) is 11.3 Å². The number of hydrogen-bond donors (Lipinski definition) is 1. The number of hydrogen-bond acceptors (Lipinski definition) is 5. The molecule has 0 bridgehead atoms. The van der Waals surface area contributed by atoms with E-state index in [0.717, 1.165) is 20.5 Å². The molecule has 1 spiro atoms. The second kappa shape index (κ2) is 5.64. The molecule has 2 aliphatic heterocycles. The van der Waals surface area contributed by atoms with Crippen LogP contribution in [0.15, 0.2) is 24.3 Å². The van der Waals surface area contributed by atoms with Gasteiger partial charge < -0.3 is 4.90 Å². The topological polar surface area (TPSA) is 69.7 Å². The Bertz CT molecular complexity index is 896. The Kier molecular flexibility index (Phi) is 3.66. The van der Waals surface area contributed by atoms with E-state index in [4.69, 9.17) is 0 Å². The molecule has 0 radical (unpaired) electrons. The number of nitrogens with one attached hydrogen (secondary N) is 1. The van der Waals surface area contributed by atoms with Crippen LogP contribution < -0.4 is 5.32 Å². The first-order chi connectivity index (χ1) is 11.9. The molecule has 3 amide bonds. The first-order valence-corrected chi connectivity index (χ1v) is 9.00. The number of benzene rings is 1. The molecule has 0 saturated carbocycles. The highest BCUT2D eigenvalue weighted by Crippen LogP contribution is 2.40. The molecule has 4 rings (SSSR count). The van der Waals surface area contributed by atoms with E-state index in [1.54, 1.807) is 19.0 Å². The number of likely N-dealkylation sites (tertiary alicyclic amines) is 1. The number of imide groups is 1. The molecule has 3 heterocycles. The van der Waals surface area contributed by atoms with Gasteiger partial charge in [-0.25, -0.2) is 0 Å². The summed E-state index contributed by atoms with van der Waals surface area (Å²) in [4.78, 5) is 40.5. The van der Waals surface area contributed by atoms with Crippen molar-refractivity contribution in [1.82, 2.24) is 15.1 Å². The minimum absolute atomic E-state index is 0.000207. The van der Waals surface area contributed by atoms with Gasteiger partial charge >= 0.3 is 0 Å². The van der Waals surface area contributed by atoms with E-state index in [1.165, 1.54) is 11.3 Å². The Morgan fingerprint density at radius 2 is 2.00 bits per heavy atom. The summed E-state index contributed by atoms with van der Waals surface area (Å²) in [5.74, 6) is -0.345. The summed E-state index contributed by atoms with van der Waals surface area (Å²) >= 11 is 1.51. The van der Waals surface area contributed by atoms with Crippen LogP contribution in [0.5, 0.6) is 0 Å². The first kappa shape index (κ1) is 16.2. The maximum atomic E-state index is 12.6. The average Bonchev–Trinajstić information content (AvgIpc) is 3.04. The molecule has 1 N–H and O–H groups in total. The summed E-state index contributed by atoms with van der Waals surface area (Å²) in [6.45, 7) is 1.73. The van der Waals surface area contributed by atoms with E-state index >= 15 is 0 Å². The summed E-state index contributed by atoms with van der Waals surface area (Å²) in [6, 6.07) is 8.01. The van der Waals surface area contributed by atoms with Crippen molar-refractivity contribution in [3.8, 4) is 0 Å². The molecule has 2 saturated heterocycles. The summed E-state index contributed by atoms with van der Waals surface area (Å²) in [5.41, 5.74) is 0.452. The van der Waals surface area contributed by atoms with E-state index in [-0.39, 0.29) is 24.1 Å². The van der Waals surface area contributed by atoms with Crippen LogP contribution >= 0.6 is 11.3 Å². The molecule has 0 aliphatic carbocycles. The Labute approximate surface area is 149 Å². The fourth-order valence-electron chi connectivity index (χ4n) is 3.72. The van der Waals surface area contributed by atoms with Crippen molar-refractivity contribution < 1.29 is 14.4 Å². The van der Waals surface area contributed by atoms with Gasteiger partial charge in [0.2, 0.25) is 11.8 Å². The van der Waals surface area contributed by atoms with Crippen molar-refractivity contribution in [2.24, 2.45) is 5.41 Å². The number of fused-ring (bicyclic) bond motifs is 1. The molecule has 130 valence electrons. The lowest BCUT2D eigenvalue weighted by Crippen LogP contribution is -2.59. The third kappa shape index (κ3) is 2.54.